The highest BCUT2D eigenvalue weighted by atomic mass is 15.1. The molecular formula is C20H42N2. The van der Waals surface area contributed by atoms with Gasteiger partial charge in [-0.2, -0.15) is 0 Å². The fraction of sp³-hybridized carbons (Fsp3) is 1.00. The molecule has 0 aromatic heterocycles. The normalized spacial score (nSPS) is 17.5. The first-order valence-electron chi connectivity index (χ1n) is 10.3. The zero-order valence-electron chi connectivity index (χ0n) is 15.6. The molecule has 1 saturated carbocycles. The van der Waals surface area contributed by atoms with E-state index < -0.39 is 0 Å². The molecule has 0 radical (unpaired) electrons. The van der Waals surface area contributed by atoms with Gasteiger partial charge in [-0.1, -0.05) is 91.4 Å². The van der Waals surface area contributed by atoms with Crippen molar-refractivity contribution < 1.29 is 0 Å². The zero-order valence-corrected chi connectivity index (χ0v) is 15.6. The molecule has 22 heavy (non-hydrogen) atoms. The zero-order chi connectivity index (χ0) is 16.0. The number of unbranched alkanes of at least 4 members (excludes halogenated alkanes) is 6. The lowest BCUT2D eigenvalue weighted by Crippen LogP contribution is -2.49. The van der Waals surface area contributed by atoms with Crippen LogP contribution in [0.1, 0.15) is 97.8 Å². The maximum absolute atomic E-state index is 3.72. The Bertz CT molecular complexity index is 230. The quantitative estimate of drug-likeness (QED) is 0.328. The summed E-state index contributed by atoms with van der Waals surface area (Å²) in [6, 6.07) is 0. The Kier molecular flexibility index (Phi) is 12.1. The highest BCUT2D eigenvalue weighted by molar-refractivity contribution is 4.83. The Morgan fingerprint density at radius 2 is 1.32 bits per heavy atom. The minimum absolute atomic E-state index is 0.540. The molecule has 2 N–H and O–H groups in total. The van der Waals surface area contributed by atoms with E-state index in [1.807, 2.05) is 0 Å². The Hall–Kier alpha value is -0.0800. The van der Waals surface area contributed by atoms with Crippen LogP contribution in [0.25, 0.3) is 0 Å². The van der Waals surface area contributed by atoms with Crippen LogP contribution in [0.3, 0.4) is 0 Å². The molecule has 132 valence electrons. The van der Waals surface area contributed by atoms with Crippen molar-refractivity contribution in [3.63, 3.8) is 0 Å². The predicted octanol–water partition coefficient (Wildman–Crippen LogP) is 5.48. The molecule has 1 aliphatic rings. The summed E-state index contributed by atoms with van der Waals surface area (Å²) in [7, 11) is 0. The highest BCUT2D eigenvalue weighted by Crippen LogP contribution is 2.35. The average molecular weight is 311 g/mol. The van der Waals surface area contributed by atoms with Crippen molar-refractivity contribution in [2.24, 2.45) is 11.8 Å². The van der Waals surface area contributed by atoms with E-state index in [0.717, 1.165) is 24.9 Å². The van der Waals surface area contributed by atoms with E-state index in [0.29, 0.717) is 6.17 Å². The largest absolute Gasteiger partial charge is 0.302 e. The molecule has 0 bridgehead atoms. The van der Waals surface area contributed by atoms with Crippen molar-refractivity contribution in [3.05, 3.63) is 0 Å². The third-order valence-corrected chi connectivity index (χ3v) is 5.42. The van der Waals surface area contributed by atoms with E-state index in [4.69, 9.17) is 0 Å². The van der Waals surface area contributed by atoms with Gasteiger partial charge in [-0.3, -0.25) is 0 Å². The summed E-state index contributed by atoms with van der Waals surface area (Å²) in [5, 5.41) is 7.44. The number of rotatable bonds is 14. The lowest BCUT2D eigenvalue weighted by molar-refractivity contribution is 0.203. The van der Waals surface area contributed by atoms with Crippen LogP contribution in [0.2, 0.25) is 0 Å². The van der Waals surface area contributed by atoms with Crippen molar-refractivity contribution in [2.75, 3.05) is 13.1 Å². The highest BCUT2D eigenvalue weighted by Gasteiger charge is 2.30. The van der Waals surface area contributed by atoms with Gasteiger partial charge in [0.2, 0.25) is 0 Å². The van der Waals surface area contributed by atoms with Crippen molar-refractivity contribution in [3.8, 4) is 0 Å². The van der Waals surface area contributed by atoms with Crippen LogP contribution in [-0.2, 0) is 0 Å². The predicted molar refractivity (Wildman–Crippen MR) is 99.2 cm³/mol. The summed E-state index contributed by atoms with van der Waals surface area (Å²) >= 11 is 0. The maximum atomic E-state index is 3.72. The van der Waals surface area contributed by atoms with Crippen molar-refractivity contribution in [1.29, 1.82) is 0 Å². The molecule has 2 nitrogen and oxygen atoms in total. The standard InChI is InChI=1S/C20H42N2/c1-4-7-8-9-10-11-12-17-19(18-15-13-14-16-18)20(21-5-2)22-6-3/h18-22H,4-17H2,1-3H3. The topological polar surface area (TPSA) is 24.1 Å². The van der Waals surface area contributed by atoms with Crippen LogP contribution >= 0.6 is 0 Å². The number of hydrogen-bond acceptors (Lipinski definition) is 2. The summed E-state index contributed by atoms with van der Waals surface area (Å²) in [4.78, 5) is 0. The summed E-state index contributed by atoms with van der Waals surface area (Å²) in [5.74, 6) is 1.81. The second kappa shape index (κ2) is 13.4. The minimum atomic E-state index is 0.540. The van der Waals surface area contributed by atoms with Gasteiger partial charge in [-0.25, -0.2) is 0 Å². The van der Waals surface area contributed by atoms with E-state index in [-0.39, 0.29) is 0 Å². The van der Waals surface area contributed by atoms with E-state index in [1.165, 1.54) is 77.0 Å². The third kappa shape index (κ3) is 7.97. The molecule has 1 aliphatic carbocycles. The van der Waals surface area contributed by atoms with Gasteiger partial charge in [0.1, 0.15) is 0 Å². The molecular weight excluding hydrogens is 268 g/mol. The van der Waals surface area contributed by atoms with Gasteiger partial charge in [-0.05, 0) is 31.3 Å². The molecule has 0 aromatic carbocycles. The van der Waals surface area contributed by atoms with Gasteiger partial charge >= 0.3 is 0 Å². The molecule has 1 rings (SSSR count). The van der Waals surface area contributed by atoms with E-state index >= 15 is 0 Å². The van der Waals surface area contributed by atoms with Gasteiger partial charge in [0.25, 0.3) is 0 Å². The molecule has 2 heteroatoms. The fourth-order valence-corrected chi connectivity index (χ4v) is 4.21. The second-order valence-electron chi connectivity index (χ2n) is 7.21. The molecule has 0 aliphatic heterocycles. The smallest absolute Gasteiger partial charge is 0.0603 e. The van der Waals surface area contributed by atoms with Gasteiger partial charge in [-0.15, -0.1) is 0 Å². The first-order valence-corrected chi connectivity index (χ1v) is 10.3. The van der Waals surface area contributed by atoms with Crippen LogP contribution in [0.4, 0.5) is 0 Å². The molecule has 0 heterocycles. The van der Waals surface area contributed by atoms with Crippen LogP contribution in [0.15, 0.2) is 0 Å². The Labute approximate surface area is 140 Å². The lowest BCUT2D eigenvalue weighted by Gasteiger charge is -2.33. The van der Waals surface area contributed by atoms with Crippen molar-refractivity contribution in [1.82, 2.24) is 10.6 Å². The monoisotopic (exact) mass is 310 g/mol. The molecule has 0 saturated heterocycles. The summed E-state index contributed by atoms with van der Waals surface area (Å²) in [6.07, 6.45) is 17.8. The van der Waals surface area contributed by atoms with Gasteiger partial charge in [0, 0.05) is 0 Å². The Morgan fingerprint density at radius 3 is 1.86 bits per heavy atom. The maximum Gasteiger partial charge on any atom is 0.0603 e. The van der Waals surface area contributed by atoms with Crippen LogP contribution in [0, 0.1) is 11.8 Å². The molecule has 1 atom stereocenters. The van der Waals surface area contributed by atoms with Crippen LogP contribution in [-0.4, -0.2) is 19.3 Å². The summed E-state index contributed by atoms with van der Waals surface area (Å²) in [6.45, 7) is 8.94. The first kappa shape index (κ1) is 20.0. The summed E-state index contributed by atoms with van der Waals surface area (Å²) < 4.78 is 0. The first-order chi connectivity index (χ1) is 10.8. The van der Waals surface area contributed by atoms with E-state index in [2.05, 4.69) is 31.4 Å². The second-order valence-corrected chi connectivity index (χ2v) is 7.21. The molecule has 1 fully saturated rings. The SMILES string of the molecule is CCCCCCCCCC(C1CCCC1)C(NCC)NCC. The molecule has 0 amide bonds. The van der Waals surface area contributed by atoms with Gasteiger partial charge in [0.05, 0.1) is 6.17 Å². The lowest BCUT2D eigenvalue weighted by atomic mass is 9.83. The Balaban J connectivity index is 2.34. The number of nitrogens with one attached hydrogen (secondary N) is 2. The van der Waals surface area contributed by atoms with Crippen molar-refractivity contribution in [2.45, 2.75) is 104 Å². The molecule has 1 unspecified atom stereocenters. The van der Waals surface area contributed by atoms with Crippen LogP contribution in [0.5, 0.6) is 0 Å². The molecule has 0 aromatic rings. The van der Waals surface area contributed by atoms with Gasteiger partial charge in [0.15, 0.2) is 0 Å². The average Bonchev–Trinajstić information content (AvgIpc) is 3.04. The van der Waals surface area contributed by atoms with Crippen molar-refractivity contribution >= 4 is 0 Å². The third-order valence-electron chi connectivity index (χ3n) is 5.42. The fourth-order valence-electron chi connectivity index (χ4n) is 4.21. The Morgan fingerprint density at radius 1 is 0.773 bits per heavy atom. The number of hydrogen-bond donors (Lipinski definition) is 2. The van der Waals surface area contributed by atoms with Crippen LogP contribution < -0.4 is 10.6 Å². The minimum Gasteiger partial charge on any atom is -0.302 e. The molecule has 0 spiro atoms. The van der Waals surface area contributed by atoms with E-state index in [9.17, 15) is 0 Å². The van der Waals surface area contributed by atoms with E-state index in [1.54, 1.807) is 0 Å². The van der Waals surface area contributed by atoms with Gasteiger partial charge < -0.3 is 10.6 Å². The summed E-state index contributed by atoms with van der Waals surface area (Å²) in [5.41, 5.74) is 0.